The third-order valence-electron chi connectivity index (χ3n) is 5.98. The van der Waals surface area contributed by atoms with E-state index >= 15 is 0 Å². The van der Waals surface area contributed by atoms with Gasteiger partial charge in [0.05, 0.1) is 6.54 Å². The first-order valence-corrected chi connectivity index (χ1v) is 11.2. The van der Waals surface area contributed by atoms with Crippen LogP contribution in [0.5, 0.6) is 0 Å². The number of thiocarbonyl (C=S) groups is 1. The number of fused-ring (bicyclic) bond motifs is 1. The Hall–Kier alpha value is -2.66. The van der Waals surface area contributed by atoms with E-state index in [1.54, 1.807) is 0 Å². The number of benzene rings is 2. The minimum Gasteiger partial charge on any atom is -0.358 e. The van der Waals surface area contributed by atoms with Crippen LogP contribution in [0.25, 0.3) is 10.9 Å². The quantitative estimate of drug-likeness (QED) is 0.569. The van der Waals surface area contributed by atoms with Crippen molar-refractivity contribution in [2.75, 3.05) is 0 Å². The number of rotatable bonds is 5. The molecule has 2 N–H and O–H groups in total. The minimum absolute atomic E-state index is 0.0296. The zero-order valence-corrected chi connectivity index (χ0v) is 18.3. The molecule has 1 fully saturated rings. The molecule has 0 radical (unpaired) electrons. The van der Waals surface area contributed by atoms with Crippen molar-refractivity contribution in [2.24, 2.45) is 0 Å². The van der Waals surface area contributed by atoms with Gasteiger partial charge in [-0.1, -0.05) is 61.2 Å². The van der Waals surface area contributed by atoms with Crippen LogP contribution < -0.4 is 10.9 Å². The summed E-state index contributed by atoms with van der Waals surface area (Å²) >= 11 is 5.82. The second-order valence-electron chi connectivity index (χ2n) is 8.28. The summed E-state index contributed by atoms with van der Waals surface area (Å²) in [7, 11) is 0. The molecule has 1 aliphatic carbocycles. The predicted molar refractivity (Wildman–Crippen MR) is 128 cm³/mol. The van der Waals surface area contributed by atoms with E-state index in [4.69, 9.17) is 12.2 Å². The second kappa shape index (κ2) is 9.43. The molecule has 5 heteroatoms. The number of aryl methyl sites for hydroxylation is 1. The monoisotopic (exact) mass is 419 g/mol. The molecule has 30 heavy (non-hydrogen) atoms. The molecule has 2 aromatic carbocycles. The Balaban J connectivity index is 1.58. The molecule has 0 aliphatic heterocycles. The lowest BCUT2D eigenvalue weighted by Crippen LogP contribution is -2.46. The molecule has 4 nitrogen and oxygen atoms in total. The molecule has 4 rings (SSSR count). The van der Waals surface area contributed by atoms with Crippen LogP contribution in [0.15, 0.2) is 59.4 Å². The van der Waals surface area contributed by atoms with Crippen molar-refractivity contribution in [3.05, 3.63) is 81.6 Å². The lowest BCUT2D eigenvalue weighted by atomic mass is 9.94. The topological polar surface area (TPSA) is 48.1 Å². The summed E-state index contributed by atoms with van der Waals surface area (Å²) in [6, 6.07) is 18.8. The Morgan fingerprint density at radius 2 is 1.87 bits per heavy atom. The van der Waals surface area contributed by atoms with Gasteiger partial charge >= 0.3 is 0 Å². The highest BCUT2D eigenvalue weighted by atomic mass is 32.1. The molecule has 0 saturated heterocycles. The summed E-state index contributed by atoms with van der Waals surface area (Å²) in [6.07, 6.45) is 5.96. The second-order valence-corrected chi connectivity index (χ2v) is 8.67. The van der Waals surface area contributed by atoms with Crippen LogP contribution in [0.2, 0.25) is 0 Å². The Morgan fingerprint density at radius 3 is 2.63 bits per heavy atom. The van der Waals surface area contributed by atoms with Gasteiger partial charge in [0.2, 0.25) is 0 Å². The van der Waals surface area contributed by atoms with E-state index in [1.807, 2.05) is 36.4 Å². The molecule has 0 spiro atoms. The first-order valence-electron chi connectivity index (χ1n) is 10.8. The number of nitrogens with one attached hydrogen (secondary N) is 2. The zero-order valence-electron chi connectivity index (χ0n) is 17.5. The van der Waals surface area contributed by atoms with E-state index in [-0.39, 0.29) is 5.56 Å². The van der Waals surface area contributed by atoms with Gasteiger partial charge in [-0.25, -0.2) is 0 Å². The van der Waals surface area contributed by atoms with Gasteiger partial charge in [0.1, 0.15) is 0 Å². The first-order chi connectivity index (χ1) is 14.6. The van der Waals surface area contributed by atoms with Crippen LogP contribution in [-0.2, 0) is 13.1 Å². The Labute approximate surface area is 183 Å². The summed E-state index contributed by atoms with van der Waals surface area (Å²) in [5, 5.41) is 5.22. The van der Waals surface area contributed by atoms with Crippen LogP contribution in [0.3, 0.4) is 0 Å². The average Bonchev–Trinajstić information content (AvgIpc) is 2.77. The van der Waals surface area contributed by atoms with Gasteiger partial charge in [0.15, 0.2) is 5.11 Å². The maximum atomic E-state index is 12.8. The summed E-state index contributed by atoms with van der Waals surface area (Å²) in [5.41, 5.74) is 4.00. The predicted octanol–water partition coefficient (Wildman–Crippen LogP) is 5.05. The van der Waals surface area contributed by atoms with Crippen molar-refractivity contribution in [1.82, 2.24) is 15.2 Å². The lowest BCUT2D eigenvalue weighted by molar-refractivity contribution is 0.234. The smallest absolute Gasteiger partial charge is 0.253 e. The van der Waals surface area contributed by atoms with Crippen molar-refractivity contribution in [3.8, 4) is 0 Å². The Bertz CT molecular complexity index is 1070. The molecular weight excluding hydrogens is 390 g/mol. The summed E-state index contributed by atoms with van der Waals surface area (Å²) < 4.78 is 0. The SMILES string of the molecule is Cc1ccc2[nH]c(=O)c(CN(C(=S)NCc3ccccc3)C3CCCCC3)cc2c1. The zero-order chi connectivity index (χ0) is 20.9. The maximum absolute atomic E-state index is 12.8. The van der Waals surface area contributed by atoms with Crippen LogP contribution >= 0.6 is 12.2 Å². The van der Waals surface area contributed by atoms with E-state index in [9.17, 15) is 4.79 Å². The average molecular weight is 420 g/mol. The van der Waals surface area contributed by atoms with E-state index in [0.29, 0.717) is 19.1 Å². The molecule has 3 aromatic rings. The van der Waals surface area contributed by atoms with Crippen LogP contribution in [0, 0.1) is 6.92 Å². The van der Waals surface area contributed by atoms with Crippen LogP contribution in [0.4, 0.5) is 0 Å². The lowest BCUT2D eigenvalue weighted by Gasteiger charge is -2.36. The van der Waals surface area contributed by atoms with Crippen LogP contribution in [-0.4, -0.2) is 21.0 Å². The van der Waals surface area contributed by atoms with Gasteiger partial charge < -0.3 is 15.2 Å². The van der Waals surface area contributed by atoms with E-state index in [0.717, 1.165) is 34.4 Å². The number of aromatic amines is 1. The van der Waals surface area contributed by atoms with Gasteiger partial charge in [0, 0.05) is 23.7 Å². The molecule has 1 aromatic heterocycles. The fourth-order valence-electron chi connectivity index (χ4n) is 4.31. The standard InChI is InChI=1S/C25H29N3OS/c1-18-12-13-23-20(14-18)15-21(24(29)27-23)17-28(22-10-6-3-7-11-22)25(30)26-16-19-8-4-2-5-9-19/h2,4-5,8-9,12-15,22H,3,6-7,10-11,16-17H2,1H3,(H,26,30)(H,27,29). The number of hydrogen-bond donors (Lipinski definition) is 2. The van der Waals surface area contributed by atoms with Crippen molar-refractivity contribution in [3.63, 3.8) is 0 Å². The van der Waals surface area contributed by atoms with E-state index < -0.39 is 0 Å². The normalized spacial score (nSPS) is 14.6. The highest BCUT2D eigenvalue weighted by molar-refractivity contribution is 7.80. The third-order valence-corrected chi connectivity index (χ3v) is 6.36. The summed E-state index contributed by atoms with van der Waals surface area (Å²) in [4.78, 5) is 18.1. The fraction of sp³-hybridized carbons (Fsp3) is 0.360. The highest BCUT2D eigenvalue weighted by Crippen LogP contribution is 2.24. The van der Waals surface area contributed by atoms with Gasteiger partial charge in [0.25, 0.3) is 5.56 Å². The molecule has 1 heterocycles. The van der Waals surface area contributed by atoms with Crippen molar-refractivity contribution in [2.45, 2.75) is 58.2 Å². The van der Waals surface area contributed by atoms with E-state index in [1.165, 1.54) is 30.4 Å². The first kappa shape index (κ1) is 20.6. The van der Waals surface area contributed by atoms with Crippen LogP contribution in [0.1, 0.15) is 48.8 Å². The number of pyridine rings is 1. The fourth-order valence-corrected chi connectivity index (χ4v) is 4.59. The largest absolute Gasteiger partial charge is 0.358 e. The number of H-pyrrole nitrogens is 1. The van der Waals surface area contributed by atoms with Gasteiger partial charge in [-0.05, 0) is 61.1 Å². The molecule has 0 amide bonds. The minimum atomic E-state index is -0.0296. The molecule has 0 bridgehead atoms. The molecule has 0 unspecified atom stereocenters. The van der Waals surface area contributed by atoms with Crippen molar-refractivity contribution in [1.29, 1.82) is 0 Å². The summed E-state index contributed by atoms with van der Waals surface area (Å²) in [6.45, 7) is 3.29. The molecule has 1 saturated carbocycles. The summed E-state index contributed by atoms with van der Waals surface area (Å²) in [5.74, 6) is 0. The maximum Gasteiger partial charge on any atom is 0.253 e. The van der Waals surface area contributed by atoms with Crippen molar-refractivity contribution < 1.29 is 0 Å². The number of nitrogens with zero attached hydrogens (tertiary/aromatic N) is 1. The highest BCUT2D eigenvalue weighted by Gasteiger charge is 2.24. The molecule has 0 atom stereocenters. The Morgan fingerprint density at radius 1 is 1.10 bits per heavy atom. The Kier molecular flexibility index (Phi) is 6.48. The van der Waals surface area contributed by atoms with E-state index in [2.05, 4.69) is 40.3 Å². The number of aromatic nitrogens is 1. The molecular formula is C25H29N3OS. The van der Waals surface area contributed by atoms with Gasteiger partial charge in [-0.2, -0.15) is 0 Å². The number of hydrogen-bond acceptors (Lipinski definition) is 2. The molecule has 1 aliphatic rings. The van der Waals surface area contributed by atoms with Gasteiger partial charge in [-0.15, -0.1) is 0 Å². The van der Waals surface area contributed by atoms with Crippen molar-refractivity contribution >= 4 is 28.2 Å². The van der Waals surface area contributed by atoms with Gasteiger partial charge in [-0.3, -0.25) is 4.79 Å². The molecule has 156 valence electrons. The third kappa shape index (κ3) is 4.90.